The fraction of sp³-hybridized carbons (Fsp3) is 0.333. The molecule has 0 saturated carbocycles. The molecule has 7 nitrogen and oxygen atoms in total. The van der Waals surface area contributed by atoms with E-state index in [1.807, 2.05) is 5.38 Å². The van der Waals surface area contributed by atoms with Gasteiger partial charge in [-0.25, -0.2) is 8.91 Å². The van der Waals surface area contributed by atoms with Crippen LogP contribution in [0, 0.1) is 5.82 Å². The van der Waals surface area contributed by atoms with Crippen LogP contribution in [-0.2, 0) is 16.0 Å². The molecule has 2 amide bonds. The Morgan fingerprint density at radius 3 is 2.74 bits per heavy atom. The van der Waals surface area contributed by atoms with Gasteiger partial charge in [0.05, 0.1) is 5.69 Å². The Labute approximate surface area is 159 Å². The lowest BCUT2D eigenvalue weighted by Crippen LogP contribution is -2.48. The van der Waals surface area contributed by atoms with Crippen molar-refractivity contribution in [2.45, 2.75) is 32.7 Å². The smallest absolute Gasteiger partial charge is 0.309 e. The minimum Gasteiger partial charge on any atom is -0.347 e. The van der Waals surface area contributed by atoms with Gasteiger partial charge < -0.3 is 10.6 Å². The maximum absolute atomic E-state index is 13.4. The highest BCUT2D eigenvalue weighted by molar-refractivity contribution is 7.15. The molecule has 0 spiro atoms. The van der Waals surface area contributed by atoms with E-state index in [1.165, 1.54) is 23.5 Å². The number of benzene rings is 1. The van der Waals surface area contributed by atoms with Crippen LogP contribution >= 0.6 is 11.3 Å². The van der Waals surface area contributed by atoms with E-state index in [0.29, 0.717) is 22.8 Å². The first kappa shape index (κ1) is 19.0. The number of halogens is 1. The number of aromatic nitrogens is 3. The number of fused-ring (bicyclic) bond motifs is 1. The first-order valence-electron chi connectivity index (χ1n) is 8.42. The summed E-state index contributed by atoms with van der Waals surface area (Å²) in [5.74, 6) is -1.24. The topological polar surface area (TPSA) is 88.4 Å². The van der Waals surface area contributed by atoms with E-state index >= 15 is 0 Å². The molecule has 3 rings (SSSR count). The molecule has 142 valence electrons. The van der Waals surface area contributed by atoms with Gasteiger partial charge in [-0.1, -0.05) is 12.1 Å². The Hall–Kier alpha value is -2.81. The van der Waals surface area contributed by atoms with Crippen molar-refractivity contribution < 1.29 is 14.0 Å². The highest BCUT2D eigenvalue weighted by Crippen LogP contribution is 2.21. The first-order valence-corrected chi connectivity index (χ1v) is 9.30. The number of hydrogen-bond acceptors (Lipinski definition) is 5. The second-order valence-corrected chi connectivity index (χ2v) is 7.91. The lowest BCUT2D eigenvalue weighted by molar-refractivity contribution is -0.140. The highest BCUT2D eigenvalue weighted by atomic mass is 32.1. The van der Waals surface area contributed by atoms with Crippen LogP contribution in [0.3, 0.4) is 0 Å². The zero-order valence-electron chi connectivity index (χ0n) is 15.2. The largest absolute Gasteiger partial charge is 0.347 e. The third kappa shape index (κ3) is 4.68. The van der Waals surface area contributed by atoms with Crippen LogP contribution in [0.15, 0.2) is 29.6 Å². The Morgan fingerprint density at radius 1 is 1.26 bits per heavy atom. The summed E-state index contributed by atoms with van der Waals surface area (Å²) in [7, 11) is 0. The van der Waals surface area contributed by atoms with Gasteiger partial charge in [0.15, 0.2) is 5.82 Å². The molecule has 0 atom stereocenters. The standard InChI is InChI=1S/C18H20FN5O2S/c1-18(2,3)22-16(26)15(25)20-8-7-13-10-27-17-21-14(23-24(13)17)11-5-4-6-12(19)9-11/h4-6,9-10H,7-8H2,1-3H3,(H,20,25)(H,22,26). The zero-order chi connectivity index (χ0) is 19.6. The van der Waals surface area contributed by atoms with Crippen LogP contribution in [0.25, 0.3) is 16.3 Å². The predicted molar refractivity (Wildman–Crippen MR) is 101 cm³/mol. The normalized spacial score (nSPS) is 11.6. The van der Waals surface area contributed by atoms with Crippen molar-refractivity contribution in [3.63, 3.8) is 0 Å². The molecule has 0 saturated heterocycles. The van der Waals surface area contributed by atoms with Gasteiger partial charge in [0.2, 0.25) is 4.96 Å². The fourth-order valence-corrected chi connectivity index (χ4v) is 3.28. The second-order valence-electron chi connectivity index (χ2n) is 7.08. The van der Waals surface area contributed by atoms with Gasteiger partial charge in [-0.3, -0.25) is 9.59 Å². The summed E-state index contributed by atoms with van der Waals surface area (Å²) in [6, 6.07) is 6.11. The van der Waals surface area contributed by atoms with Crippen LogP contribution in [0.2, 0.25) is 0 Å². The van der Waals surface area contributed by atoms with Gasteiger partial charge in [0, 0.05) is 29.4 Å². The highest BCUT2D eigenvalue weighted by Gasteiger charge is 2.20. The van der Waals surface area contributed by atoms with Gasteiger partial charge in [-0.2, -0.15) is 4.98 Å². The zero-order valence-corrected chi connectivity index (χ0v) is 16.1. The molecule has 0 unspecified atom stereocenters. The summed E-state index contributed by atoms with van der Waals surface area (Å²) in [6.45, 7) is 5.71. The maximum atomic E-state index is 13.4. The fourth-order valence-electron chi connectivity index (χ4n) is 2.43. The van der Waals surface area contributed by atoms with Crippen molar-refractivity contribution in [2.24, 2.45) is 0 Å². The summed E-state index contributed by atoms with van der Waals surface area (Å²) in [4.78, 5) is 28.7. The van der Waals surface area contributed by atoms with Gasteiger partial charge in [-0.15, -0.1) is 16.4 Å². The minimum absolute atomic E-state index is 0.289. The third-order valence-electron chi connectivity index (χ3n) is 3.59. The van der Waals surface area contributed by atoms with Gasteiger partial charge in [0.1, 0.15) is 5.82 Å². The molecule has 2 N–H and O–H groups in total. The molecule has 27 heavy (non-hydrogen) atoms. The molecule has 0 bridgehead atoms. The maximum Gasteiger partial charge on any atom is 0.309 e. The van der Waals surface area contributed by atoms with E-state index in [1.54, 1.807) is 37.4 Å². The average Bonchev–Trinajstić information content (AvgIpc) is 3.15. The predicted octanol–water partition coefficient (Wildman–Crippen LogP) is 2.17. The summed E-state index contributed by atoms with van der Waals surface area (Å²) in [5, 5.41) is 11.5. The van der Waals surface area contributed by atoms with E-state index in [2.05, 4.69) is 20.7 Å². The summed E-state index contributed by atoms with van der Waals surface area (Å²) in [5.41, 5.74) is 0.979. The molecule has 1 aromatic carbocycles. The average molecular weight is 389 g/mol. The number of nitrogens with one attached hydrogen (secondary N) is 2. The molecule has 0 aliphatic heterocycles. The molecule has 2 aromatic heterocycles. The lowest BCUT2D eigenvalue weighted by Gasteiger charge is -2.19. The Bertz CT molecular complexity index is 989. The molecule has 0 aliphatic carbocycles. The molecule has 2 heterocycles. The van der Waals surface area contributed by atoms with Crippen LogP contribution in [0.4, 0.5) is 4.39 Å². The van der Waals surface area contributed by atoms with Crippen LogP contribution in [-0.4, -0.2) is 38.5 Å². The molecule has 0 radical (unpaired) electrons. The number of amides is 2. The van der Waals surface area contributed by atoms with E-state index < -0.39 is 17.4 Å². The second kappa shape index (κ2) is 7.43. The molecular formula is C18H20FN5O2S. The summed E-state index contributed by atoms with van der Waals surface area (Å²) >= 11 is 1.41. The Morgan fingerprint density at radius 2 is 2.04 bits per heavy atom. The van der Waals surface area contributed by atoms with Crippen molar-refractivity contribution >= 4 is 28.1 Å². The lowest BCUT2D eigenvalue weighted by atomic mass is 10.1. The number of hydrogen-bond donors (Lipinski definition) is 2. The van der Waals surface area contributed by atoms with E-state index in [-0.39, 0.29) is 12.4 Å². The molecule has 9 heteroatoms. The van der Waals surface area contributed by atoms with Crippen molar-refractivity contribution in [3.05, 3.63) is 41.2 Å². The van der Waals surface area contributed by atoms with Gasteiger partial charge in [0.25, 0.3) is 0 Å². The van der Waals surface area contributed by atoms with E-state index in [4.69, 9.17) is 0 Å². The number of carbonyl (C=O) groups excluding carboxylic acids is 2. The number of nitrogens with zero attached hydrogens (tertiary/aromatic N) is 3. The van der Waals surface area contributed by atoms with Crippen molar-refractivity contribution in [2.75, 3.05) is 6.54 Å². The molecule has 0 fully saturated rings. The van der Waals surface area contributed by atoms with Gasteiger partial charge >= 0.3 is 11.8 Å². The molecule has 3 aromatic rings. The Balaban J connectivity index is 1.64. The SMILES string of the molecule is CC(C)(C)NC(=O)C(=O)NCCc1csc2nc(-c3cccc(F)c3)nn12. The van der Waals surface area contributed by atoms with Crippen LogP contribution in [0.5, 0.6) is 0 Å². The van der Waals surface area contributed by atoms with Crippen molar-refractivity contribution in [3.8, 4) is 11.4 Å². The summed E-state index contributed by atoms with van der Waals surface area (Å²) < 4.78 is 15.1. The third-order valence-corrected chi connectivity index (χ3v) is 4.46. The van der Waals surface area contributed by atoms with Crippen molar-refractivity contribution in [1.29, 1.82) is 0 Å². The minimum atomic E-state index is -0.671. The van der Waals surface area contributed by atoms with E-state index in [9.17, 15) is 14.0 Å². The summed E-state index contributed by atoms with van der Waals surface area (Å²) in [6.07, 6.45) is 0.487. The molecular weight excluding hydrogens is 369 g/mol. The number of thiazole rings is 1. The first-order chi connectivity index (χ1) is 12.7. The van der Waals surface area contributed by atoms with E-state index in [0.717, 1.165) is 5.69 Å². The van der Waals surface area contributed by atoms with Crippen LogP contribution < -0.4 is 10.6 Å². The van der Waals surface area contributed by atoms with Crippen LogP contribution in [0.1, 0.15) is 26.5 Å². The van der Waals surface area contributed by atoms with Crippen molar-refractivity contribution in [1.82, 2.24) is 25.2 Å². The Kier molecular flexibility index (Phi) is 5.22. The monoisotopic (exact) mass is 389 g/mol. The van der Waals surface area contributed by atoms with Gasteiger partial charge in [-0.05, 0) is 32.9 Å². The quantitative estimate of drug-likeness (QED) is 0.670. The number of carbonyl (C=O) groups is 2. The number of rotatable bonds is 4. The molecule has 0 aliphatic rings.